The van der Waals surface area contributed by atoms with Crippen LogP contribution in [0.3, 0.4) is 0 Å². The molecule has 3 aromatic rings. The fraction of sp³-hybridized carbons (Fsp3) is 0.143. The lowest BCUT2D eigenvalue weighted by Gasteiger charge is -2.30. The first-order chi connectivity index (χ1) is 16.9. The van der Waals surface area contributed by atoms with Crippen molar-refractivity contribution in [2.45, 2.75) is 19.4 Å². The van der Waals surface area contributed by atoms with Gasteiger partial charge in [0.25, 0.3) is 0 Å². The summed E-state index contributed by atoms with van der Waals surface area (Å²) in [7, 11) is 1.32. The topological polar surface area (TPSA) is 64.6 Å². The Labute approximate surface area is 210 Å². The van der Waals surface area contributed by atoms with Crippen molar-refractivity contribution in [3.8, 4) is 5.75 Å². The van der Waals surface area contributed by atoms with Crippen molar-refractivity contribution in [3.63, 3.8) is 0 Å². The molecule has 0 bridgehead atoms. The largest absolute Gasteiger partial charge is 0.489 e. The summed E-state index contributed by atoms with van der Waals surface area (Å²) in [4.78, 5) is 26.6. The van der Waals surface area contributed by atoms with Gasteiger partial charge >= 0.3 is 5.97 Å². The van der Waals surface area contributed by atoms with Crippen LogP contribution in [0.5, 0.6) is 5.75 Å². The van der Waals surface area contributed by atoms with E-state index in [1.54, 1.807) is 31.2 Å². The highest BCUT2D eigenvalue weighted by molar-refractivity contribution is 9.10. The van der Waals surface area contributed by atoms with E-state index < -0.39 is 11.9 Å². The van der Waals surface area contributed by atoms with Gasteiger partial charge < -0.3 is 14.8 Å². The highest BCUT2D eigenvalue weighted by atomic mass is 79.9. The summed E-state index contributed by atoms with van der Waals surface area (Å²) in [6, 6.07) is 19.0. The predicted molar refractivity (Wildman–Crippen MR) is 133 cm³/mol. The first-order valence-corrected chi connectivity index (χ1v) is 11.8. The van der Waals surface area contributed by atoms with E-state index in [1.807, 2.05) is 30.3 Å². The van der Waals surface area contributed by atoms with Crippen LogP contribution in [-0.2, 0) is 16.1 Å². The van der Waals surface area contributed by atoms with E-state index in [0.717, 1.165) is 10.0 Å². The van der Waals surface area contributed by atoms with Gasteiger partial charge in [-0.15, -0.1) is 0 Å². The quantitative estimate of drug-likeness (QED) is 0.413. The van der Waals surface area contributed by atoms with Crippen LogP contribution < -0.4 is 10.1 Å². The lowest BCUT2D eigenvalue weighted by molar-refractivity contribution is -0.136. The van der Waals surface area contributed by atoms with Crippen molar-refractivity contribution in [1.82, 2.24) is 5.32 Å². The Morgan fingerprint density at radius 3 is 2.57 bits per heavy atom. The van der Waals surface area contributed by atoms with Gasteiger partial charge in [-0.3, -0.25) is 4.79 Å². The molecule has 0 saturated carbocycles. The fourth-order valence-electron chi connectivity index (χ4n) is 4.68. The number of ketones is 1. The molecule has 0 unspecified atom stereocenters. The first-order valence-electron chi connectivity index (χ1n) is 11.0. The summed E-state index contributed by atoms with van der Waals surface area (Å²) in [5.74, 6) is -1.28. The number of fused-ring (bicyclic) bond motifs is 2. The zero-order valence-electron chi connectivity index (χ0n) is 19.0. The molecule has 0 saturated heterocycles. The average molecular weight is 534 g/mol. The van der Waals surface area contributed by atoms with Crippen molar-refractivity contribution in [1.29, 1.82) is 0 Å². The molecule has 1 N–H and O–H groups in total. The molecule has 1 heterocycles. The number of carbonyl (C=O) groups excluding carboxylic acids is 2. The molecule has 1 aliphatic heterocycles. The lowest BCUT2D eigenvalue weighted by Crippen LogP contribution is -2.29. The first kappa shape index (κ1) is 23.1. The van der Waals surface area contributed by atoms with Crippen molar-refractivity contribution >= 4 is 33.4 Å². The third-order valence-electron chi connectivity index (χ3n) is 6.22. The van der Waals surface area contributed by atoms with Gasteiger partial charge in [-0.2, -0.15) is 0 Å². The van der Waals surface area contributed by atoms with Crippen LogP contribution >= 0.6 is 15.9 Å². The monoisotopic (exact) mass is 533 g/mol. The standard InChI is InChI=1S/C28H21BrFNO4/c1-15-23(28(33)34-2)24(25-26(31-15)19-8-3-4-9-20(19)27(25)32)21-13-17(29)10-11-22(21)35-14-16-6-5-7-18(30)12-16/h3-13,24,31H,14H2,1-2H3/t24-/m1/s1. The molecule has 35 heavy (non-hydrogen) atoms. The summed E-state index contributed by atoms with van der Waals surface area (Å²) >= 11 is 3.52. The highest BCUT2D eigenvalue weighted by Gasteiger charge is 2.43. The molecular formula is C28H21BrFNO4. The summed E-state index contributed by atoms with van der Waals surface area (Å²) in [6.45, 7) is 1.91. The smallest absolute Gasteiger partial charge is 0.336 e. The Hall–Kier alpha value is -3.71. The molecule has 5 nitrogen and oxygen atoms in total. The van der Waals surface area contributed by atoms with Gasteiger partial charge in [0, 0.05) is 32.4 Å². The van der Waals surface area contributed by atoms with E-state index in [-0.39, 0.29) is 18.2 Å². The molecule has 2 aliphatic rings. The van der Waals surface area contributed by atoms with E-state index >= 15 is 0 Å². The van der Waals surface area contributed by atoms with E-state index in [1.165, 1.54) is 19.2 Å². The zero-order chi connectivity index (χ0) is 24.7. The van der Waals surface area contributed by atoms with Crippen LogP contribution in [0.4, 0.5) is 4.39 Å². The van der Waals surface area contributed by atoms with Crippen molar-refractivity contribution in [2.24, 2.45) is 0 Å². The molecule has 0 fully saturated rings. The molecule has 176 valence electrons. The molecule has 0 amide bonds. The Morgan fingerprint density at radius 2 is 1.83 bits per heavy atom. The number of allylic oxidation sites excluding steroid dienone is 2. The Balaban J connectivity index is 1.65. The van der Waals surface area contributed by atoms with Crippen LogP contribution in [0.15, 0.2) is 88.0 Å². The van der Waals surface area contributed by atoms with Crippen LogP contribution in [0.2, 0.25) is 0 Å². The van der Waals surface area contributed by atoms with Crippen molar-refractivity contribution < 1.29 is 23.5 Å². The maximum atomic E-state index is 13.7. The van der Waals surface area contributed by atoms with E-state index in [2.05, 4.69) is 21.2 Å². The lowest BCUT2D eigenvalue weighted by atomic mass is 9.79. The maximum Gasteiger partial charge on any atom is 0.336 e. The number of esters is 1. The number of dihydropyridines is 1. The average Bonchev–Trinajstić information content (AvgIpc) is 3.13. The molecule has 1 aliphatic carbocycles. The summed E-state index contributed by atoms with van der Waals surface area (Å²) in [5.41, 5.74) is 4.73. The Kier molecular flexibility index (Phi) is 6.03. The number of benzene rings is 3. The third-order valence-corrected chi connectivity index (χ3v) is 6.71. The number of Topliss-reactive ketones (excluding diaryl/α,β-unsaturated/α-hetero) is 1. The molecule has 0 spiro atoms. The normalized spacial score (nSPS) is 16.6. The van der Waals surface area contributed by atoms with Gasteiger partial charge in [-0.05, 0) is 42.8 Å². The number of halogens is 2. The molecule has 0 aromatic heterocycles. The number of methoxy groups -OCH3 is 1. The Morgan fingerprint density at radius 1 is 1.06 bits per heavy atom. The van der Waals surface area contributed by atoms with Crippen LogP contribution in [0, 0.1) is 5.82 Å². The number of ether oxygens (including phenoxy) is 2. The number of nitrogens with one attached hydrogen (secondary N) is 1. The molecule has 7 heteroatoms. The van der Waals surface area contributed by atoms with Crippen LogP contribution in [0.1, 0.15) is 39.9 Å². The summed E-state index contributed by atoms with van der Waals surface area (Å²) in [6.07, 6.45) is 0. The second kappa shape index (κ2) is 9.15. The van der Waals surface area contributed by atoms with Crippen LogP contribution in [-0.4, -0.2) is 18.9 Å². The third kappa shape index (κ3) is 4.06. The van der Waals surface area contributed by atoms with Crippen molar-refractivity contribution in [2.75, 3.05) is 7.11 Å². The molecule has 5 rings (SSSR count). The van der Waals surface area contributed by atoms with E-state index in [0.29, 0.717) is 45.0 Å². The summed E-state index contributed by atoms with van der Waals surface area (Å²) in [5, 5.41) is 3.27. The van der Waals surface area contributed by atoms with Gasteiger partial charge in [-0.25, -0.2) is 9.18 Å². The number of rotatable bonds is 5. The number of hydrogen-bond acceptors (Lipinski definition) is 5. The van der Waals surface area contributed by atoms with Crippen LogP contribution in [0.25, 0.3) is 5.70 Å². The molecular weight excluding hydrogens is 513 g/mol. The Bertz CT molecular complexity index is 1440. The molecule has 1 atom stereocenters. The second-order valence-electron chi connectivity index (χ2n) is 8.35. The van der Waals surface area contributed by atoms with Gasteiger partial charge in [0.05, 0.1) is 24.3 Å². The van der Waals surface area contributed by atoms with E-state index in [4.69, 9.17) is 9.47 Å². The van der Waals surface area contributed by atoms with E-state index in [9.17, 15) is 14.0 Å². The minimum absolute atomic E-state index is 0.119. The minimum Gasteiger partial charge on any atom is -0.489 e. The highest BCUT2D eigenvalue weighted by Crippen LogP contribution is 2.49. The van der Waals surface area contributed by atoms with Gasteiger partial charge in [0.2, 0.25) is 0 Å². The molecule has 0 radical (unpaired) electrons. The van der Waals surface area contributed by atoms with Crippen molar-refractivity contribution in [3.05, 3.63) is 116 Å². The zero-order valence-corrected chi connectivity index (χ0v) is 20.6. The number of carbonyl (C=O) groups is 2. The SMILES string of the molecule is COC(=O)C1=C(C)NC2=C(C(=O)c3ccccc32)[C@@H]1c1cc(Br)ccc1OCc1cccc(F)c1. The maximum absolute atomic E-state index is 13.7. The number of hydrogen-bond donors (Lipinski definition) is 1. The fourth-order valence-corrected chi connectivity index (χ4v) is 5.06. The second-order valence-corrected chi connectivity index (χ2v) is 9.27. The predicted octanol–water partition coefficient (Wildman–Crippen LogP) is 5.91. The van der Waals surface area contributed by atoms with Gasteiger partial charge in [0.15, 0.2) is 5.78 Å². The van der Waals surface area contributed by atoms with Gasteiger partial charge in [-0.1, -0.05) is 52.3 Å². The molecule has 3 aromatic carbocycles. The summed E-state index contributed by atoms with van der Waals surface area (Å²) < 4.78 is 25.7. The minimum atomic E-state index is -0.724. The van der Waals surface area contributed by atoms with Gasteiger partial charge in [0.1, 0.15) is 18.2 Å².